The van der Waals surface area contributed by atoms with Crippen LogP contribution in [0, 0.1) is 5.41 Å². The molecule has 0 radical (unpaired) electrons. The molecule has 1 atom stereocenters. The maximum absolute atomic E-state index is 13.7. The van der Waals surface area contributed by atoms with Gasteiger partial charge in [-0.3, -0.25) is 9.59 Å². The quantitative estimate of drug-likeness (QED) is 0.421. The second-order valence-corrected chi connectivity index (χ2v) is 9.88. The van der Waals surface area contributed by atoms with Crippen LogP contribution in [-0.4, -0.2) is 21.8 Å². The van der Waals surface area contributed by atoms with Gasteiger partial charge in [0.25, 0.3) is 5.91 Å². The van der Waals surface area contributed by atoms with Crippen molar-refractivity contribution in [2.45, 2.75) is 25.2 Å². The van der Waals surface area contributed by atoms with Crippen molar-refractivity contribution < 1.29 is 9.59 Å². The van der Waals surface area contributed by atoms with Gasteiger partial charge in [0.15, 0.2) is 5.13 Å². The number of aromatic nitrogens is 2. The van der Waals surface area contributed by atoms with Crippen LogP contribution in [0.2, 0.25) is 0 Å². The van der Waals surface area contributed by atoms with Crippen molar-refractivity contribution in [1.82, 2.24) is 9.97 Å². The van der Waals surface area contributed by atoms with Crippen LogP contribution >= 0.6 is 11.3 Å². The molecule has 168 valence electrons. The molecule has 0 saturated heterocycles. The van der Waals surface area contributed by atoms with E-state index < -0.39 is 5.41 Å². The summed E-state index contributed by atoms with van der Waals surface area (Å²) in [5.74, 6) is 0.175. The first kappa shape index (κ1) is 20.7. The zero-order valence-electron chi connectivity index (χ0n) is 18.5. The third-order valence-corrected chi connectivity index (χ3v) is 7.77. The molecule has 4 aromatic rings. The van der Waals surface area contributed by atoms with Crippen molar-refractivity contribution in [2.24, 2.45) is 5.41 Å². The number of thiazole rings is 1. The Morgan fingerprint density at radius 3 is 2.21 bits per heavy atom. The van der Waals surface area contributed by atoms with E-state index in [4.69, 9.17) is 0 Å². The predicted octanol–water partition coefficient (Wildman–Crippen LogP) is 5.42. The summed E-state index contributed by atoms with van der Waals surface area (Å²) in [6.07, 6.45) is 2.34. The number of amides is 2. The van der Waals surface area contributed by atoms with Gasteiger partial charge in [0.2, 0.25) is 5.91 Å². The van der Waals surface area contributed by atoms with E-state index in [1.165, 1.54) is 33.6 Å². The Labute approximate surface area is 201 Å². The lowest BCUT2D eigenvalue weighted by Gasteiger charge is -2.50. The second-order valence-electron chi connectivity index (χ2n) is 9.03. The summed E-state index contributed by atoms with van der Waals surface area (Å²) in [5, 5.41) is 7.80. The lowest BCUT2D eigenvalue weighted by atomic mass is 9.52. The summed E-state index contributed by atoms with van der Waals surface area (Å²) in [7, 11) is 0. The van der Waals surface area contributed by atoms with E-state index in [1.807, 2.05) is 19.1 Å². The molecule has 2 N–H and O–H groups in total. The van der Waals surface area contributed by atoms with Gasteiger partial charge in [-0.2, -0.15) is 0 Å². The average Bonchev–Trinajstić information content (AvgIpc) is 3.33. The van der Waals surface area contributed by atoms with E-state index in [-0.39, 0.29) is 29.3 Å². The van der Waals surface area contributed by atoms with E-state index in [2.05, 4.69) is 57.0 Å². The minimum Gasteiger partial charge on any atom is -0.305 e. The van der Waals surface area contributed by atoms with E-state index >= 15 is 0 Å². The Kier molecular flexibility index (Phi) is 4.81. The molecule has 2 amide bonds. The Morgan fingerprint density at radius 2 is 1.56 bits per heavy atom. The van der Waals surface area contributed by atoms with Gasteiger partial charge in [-0.25, -0.2) is 9.97 Å². The molecule has 2 aromatic heterocycles. The van der Waals surface area contributed by atoms with Crippen molar-refractivity contribution in [2.75, 3.05) is 10.6 Å². The van der Waals surface area contributed by atoms with E-state index in [0.717, 1.165) is 6.42 Å². The van der Waals surface area contributed by atoms with Crippen molar-refractivity contribution in [3.63, 3.8) is 0 Å². The Balaban J connectivity index is 1.27. The number of carbonyl (C=O) groups excluding carboxylic acids is 2. The molecule has 7 rings (SSSR count). The summed E-state index contributed by atoms with van der Waals surface area (Å²) in [5.41, 5.74) is 4.71. The average molecular weight is 467 g/mol. The third-order valence-electron chi connectivity index (χ3n) is 7.01. The fraction of sp³-hybridized carbons (Fsp3) is 0.185. The number of carbonyl (C=O) groups is 2. The molecule has 1 unspecified atom stereocenters. The minimum absolute atomic E-state index is 0.0308. The molecule has 7 heteroatoms. The maximum Gasteiger partial charge on any atom is 0.276 e. The molecule has 2 bridgehead atoms. The standard InChI is InChI=1S/C27H22N4O2S/c1-27(14-20-16-8-2-4-10-18(16)23(27)19-11-5-3-9-17(19)20)25(33)31-26-29-21(15-34-26)24(32)30-22-12-6-7-13-28-22/h2-13,15,20,23H,14H2,1H3,(H,28,30,32)(H,29,31,33). The maximum atomic E-state index is 13.7. The summed E-state index contributed by atoms with van der Waals surface area (Å²) >= 11 is 1.25. The van der Waals surface area contributed by atoms with Crippen LogP contribution in [-0.2, 0) is 4.79 Å². The molecule has 3 aliphatic rings. The number of pyridine rings is 1. The molecule has 2 heterocycles. The number of rotatable bonds is 4. The molecular formula is C27H22N4O2S. The lowest BCUT2D eigenvalue weighted by Crippen LogP contribution is -2.47. The van der Waals surface area contributed by atoms with Crippen LogP contribution in [0.15, 0.2) is 78.3 Å². The number of anilines is 2. The van der Waals surface area contributed by atoms with E-state index in [9.17, 15) is 9.59 Å². The predicted molar refractivity (Wildman–Crippen MR) is 132 cm³/mol. The first-order chi connectivity index (χ1) is 16.5. The highest BCUT2D eigenvalue weighted by Crippen LogP contribution is 2.61. The Hall–Kier alpha value is -3.84. The fourth-order valence-corrected chi connectivity index (χ4v) is 6.17. The van der Waals surface area contributed by atoms with Crippen molar-refractivity contribution in [3.8, 4) is 0 Å². The highest BCUT2D eigenvalue weighted by molar-refractivity contribution is 7.14. The van der Waals surface area contributed by atoms with Crippen molar-refractivity contribution >= 4 is 34.1 Å². The highest BCUT2D eigenvalue weighted by Gasteiger charge is 2.53. The van der Waals surface area contributed by atoms with E-state index in [0.29, 0.717) is 10.9 Å². The molecular weight excluding hydrogens is 444 g/mol. The van der Waals surface area contributed by atoms with Crippen LogP contribution in [0.25, 0.3) is 0 Å². The highest BCUT2D eigenvalue weighted by atomic mass is 32.1. The van der Waals surface area contributed by atoms with Crippen molar-refractivity contribution in [3.05, 3.63) is 106 Å². The van der Waals surface area contributed by atoms with Gasteiger partial charge in [0.1, 0.15) is 11.5 Å². The monoisotopic (exact) mass is 466 g/mol. The summed E-state index contributed by atoms with van der Waals surface area (Å²) in [6, 6.07) is 22.2. The van der Waals surface area contributed by atoms with Crippen molar-refractivity contribution in [1.29, 1.82) is 0 Å². The summed E-state index contributed by atoms with van der Waals surface area (Å²) < 4.78 is 0. The molecule has 0 spiro atoms. The van der Waals surface area contributed by atoms with Gasteiger partial charge in [-0.15, -0.1) is 11.3 Å². The minimum atomic E-state index is -0.630. The number of benzene rings is 2. The lowest BCUT2D eigenvalue weighted by molar-refractivity contribution is -0.126. The Morgan fingerprint density at radius 1 is 0.912 bits per heavy atom. The van der Waals surface area contributed by atoms with Crippen LogP contribution < -0.4 is 10.6 Å². The Bertz CT molecular complexity index is 1370. The van der Waals surface area contributed by atoms with Gasteiger partial charge >= 0.3 is 0 Å². The fourth-order valence-electron chi connectivity index (χ4n) is 5.48. The normalized spacial score (nSPS) is 21.9. The third kappa shape index (κ3) is 3.23. The summed E-state index contributed by atoms with van der Waals surface area (Å²) in [4.78, 5) is 34.7. The molecule has 6 nitrogen and oxygen atoms in total. The van der Waals surface area contributed by atoms with E-state index in [1.54, 1.807) is 29.8 Å². The number of nitrogens with zero attached hydrogens (tertiary/aromatic N) is 2. The second kappa shape index (κ2) is 7.88. The molecule has 3 aliphatic carbocycles. The molecule has 0 saturated carbocycles. The molecule has 34 heavy (non-hydrogen) atoms. The van der Waals surface area contributed by atoms with Gasteiger partial charge in [-0.05, 0) is 47.7 Å². The zero-order chi connectivity index (χ0) is 23.3. The SMILES string of the molecule is CC1(C(=O)Nc2nc(C(=O)Nc3ccccn3)cs2)CC2c3ccccc3C1c1ccccc12. The number of nitrogens with one attached hydrogen (secondary N) is 2. The number of hydrogen-bond acceptors (Lipinski definition) is 5. The van der Waals surface area contributed by atoms with Gasteiger partial charge in [0, 0.05) is 23.4 Å². The number of hydrogen-bond donors (Lipinski definition) is 2. The largest absolute Gasteiger partial charge is 0.305 e. The van der Waals surface area contributed by atoms with Gasteiger partial charge in [0.05, 0.1) is 5.41 Å². The van der Waals surface area contributed by atoms with Crippen LogP contribution in [0.1, 0.15) is 57.9 Å². The number of fused-ring (bicyclic) bond motifs is 1. The smallest absolute Gasteiger partial charge is 0.276 e. The first-order valence-corrected chi connectivity index (χ1v) is 12.1. The zero-order valence-corrected chi connectivity index (χ0v) is 19.3. The first-order valence-electron chi connectivity index (χ1n) is 11.2. The van der Waals surface area contributed by atoms with Crippen LogP contribution in [0.5, 0.6) is 0 Å². The molecule has 0 fully saturated rings. The van der Waals surface area contributed by atoms with Crippen LogP contribution in [0.4, 0.5) is 10.9 Å². The topological polar surface area (TPSA) is 84.0 Å². The van der Waals surface area contributed by atoms with Gasteiger partial charge in [-0.1, -0.05) is 54.6 Å². The molecule has 2 aromatic carbocycles. The van der Waals surface area contributed by atoms with Gasteiger partial charge < -0.3 is 10.6 Å². The molecule has 0 aliphatic heterocycles. The summed E-state index contributed by atoms with van der Waals surface area (Å²) in [6.45, 7) is 2.05. The van der Waals surface area contributed by atoms with Crippen LogP contribution in [0.3, 0.4) is 0 Å².